The van der Waals surface area contributed by atoms with E-state index in [-0.39, 0.29) is 5.78 Å². The largest absolute Gasteiger partial charge is 0.496 e. The van der Waals surface area contributed by atoms with Crippen LogP contribution in [0.15, 0.2) is 72.9 Å². The number of ketones is 1. The Bertz CT molecular complexity index is 1540. The number of pyridine rings is 1. The lowest BCUT2D eigenvalue weighted by molar-refractivity contribution is 0.103. The van der Waals surface area contributed by atoms with Crippen LogP contribution in [0.5, 0.6) is 17.2 Å². The normalized spacial score (nSPS) is 16.5. The summed E-state index contributed by atoms with van der Waals surface area (Å²) < 4.78 is 12.3. The van der Waals surface area contributed by atoms with E-state index < -0.39 is 0 Å². The quantitative estimate of drug-likeness (QED) is 0.136. The minimum absolute atomic E-state index is 0.0616. The first-order valence-electron chi connectivity index (χ1n) is 15.9. The molecule has 2 aliphatic heterocycles. The molecule has 3 aromatic carbocycles. The van der Waals surface area contributed by atoms with Gasteiger partial charge in [0.2, 0.25) is 0 Å². The van der Waals surface area contributed by atoms with Gasteiger partial charge in [-0.1, -0.05) is 42.0 Å². The van der Waals surface area contributed by atoms with Crippen molar-refractivity contribution < 1.29 is 14.3 Å². The maximum Gasteiger partial charge on any atom is 0.196 e. The summed E-state index contributed by atoms with van der Waals surface area (Å²) in [6.45, 7) is 8.22. The minimum Gasteiger partial charge on any atom is -0.496 e. The molecule has 4 aromatic rings. The Hall–Kier alpha value is -3.74. The molecule has 6 heteroatoms. The fraction of sp³-hybridized carbons (Fsp3) is 0.405. The molecule has 0 spiro atoms. The maximum atomic E-state index is 13.4. The van der Waals surface area contributed by atoms with Crippen molar-refractivity contribution in [1.29, 1.82) is 0 Å². The Morgan fingerprint density at radius 1 is 0.884 bits per heavy atom. The van der Waals surface area contributed by atoms with E-state index in [9.17, 15) is 4.79 Å². The summed E-state index contributed by atoms with van der Waals surface area (Å²) in [5, 5.41) is 0.864. The molecule has 0 unspecified atom stereocenters. The van der Waals surface area contributed by atoms with Gasteiger partial charge < -0.3 is 19.3 Å². The number of likely N-dealkylation sites (tertiary alicyclic amines) is 2. The van der Waals surface area contributed by atoms with Crippen LogP contribution in [-0.4, -0.2) is 66.4 Å². The number of hydrogen-bond acceptors (Lipinski definition) is 6. The predicted octanol–water partition coefficient (Wildman–Crippen LogP) is 7.46. The molecule has 3 heterocycles. The van der Waals surface area contributed by atoms with Crippen LogP contribution < -0.4 is 9.47 Å². The number of methoxy groups -OCH3 is 1. The zero-order chi connectivity index (χ0) is 29.6. The van der Waals surface area contributed by atoms with Crippen molar-refractivity contribution in [1.82, 2.24) is 14.8 Å². The zero-order valence-electron chi connectivity index (χ0n) is 25.6. The van der Waals surface area contributed by atoms with Crippen LogP contribution in [-0.2, 0) is 6.42 Å². The third-order valence-corrected chi connectivity index (χ3v) is 9.12. The van der Waals surface area contributed by atoms with Gasteiger partial charge in [-0.25, -0.2) is 0 Å². The van der Waals surface area contributed by atoms with Gasteiger partial charge in [0.25, 0.3) is 0 Å². The Balaban J connectivity index is 1.12. The summed E-state index contributed by atoms with van der Waals surface area (Å²) in [4.78, 5) is 23.4. The van der Waals surface area contributed by atoms with Gasteiger partial charge in [-0.15, -0.1) is 0 Å². The highest BCUT2D eigenvalue weighted by atomic mass is 16.5. The summed E-state index contributed by atoms with van der Waals surface area (Å²) in [5.41, 5.74) is 4.21. The van der Waals surface area contributed by atoms with Crippen LogP contribution in [0.1, 0.15) is 65.6 Å². The first-order chi connectivity index (χ1) is 21.1. The number of piperidine rings is 1. The first kappa shape index (κ1) is 29.3. The first-order valence-corrected chi connectivity index (χ1v) is 15.9. The number of ether oxygens (including phenoxy) is 2. The van der Waals surface area contributed by atoms with E-state index in [2.05, 4.69) is 20.9 Å². The molecule has 43 heavy (non-hydrogen) atoms. The highest BCUT2D eigenvalue weighted by Gasteiger charge is 2.26. The molecular weight excluding hydrogens is 534 g/mol. The van der Waals surface area contributed by atoms with Crippen LogP contribution in [0.4, 0.5) is 0 Å². The fourth-order valence-electron chi connectivity index (χ4n) is 6.70. The smallest absolute Gasteiger partial charge is 0.196 e. The molecule has 0 atom stereocenters. The molecule has 0 aliphatic carbocycles. The van der Waals surface area contributed by atoms with Crippen LogP contribution in [0.2, 0.25) is 0 Å². The molecule has 0 bridgehead atoms. The van der Waals surface area contributed by atoms with Crippen LogP contribution in [0.25, 0.3) is 10.9 Å². The number of rotatable bonds is 11. The second-order valence-corrected chi connectivity index (χ2v) is 12.1. The number of carbonyl (C=O) groups is 1. The highest BCUT2D eigenvalue weighted by Crippen LogP contribution is 2.36. The number of aryl methyl sites for hydroxylation is 2. The van der Waals surface area contributed by atoms with Crippen LogP contribution in [0.3, 0.4) is 0 Å². The van der Waals surface area contributed by atoms with Gasteiger partial charge in [-0.3, -0.25) is 9.78 Å². The number of fused-ring (bicyclic) bond motifs is 1. The van der Waals surface area contributed by atoms with E-state index >= 15 is 0 Å². The Morgan fingerprint density at radius 2 is 1.67 bits per heavy atom. The summed E-state index contributed by atoms with van der Waals surface area (Å²) in [7, 11) is 1.72. The molecule has 0 saturated carbocycles. The lowest BCUT2D eigenvalue weighted by Crippen LogP contribution is -2.44. The second-order valence-electron chi connectivity index (χ2n) is 12.1. The summed E-state index contributed by atoms with van der Waals surface area (Å²) >= 11 is 0. The van der Waals surface area contributed by atoms with Gasteiger partial charge in [-0.2, -0.15) is 0 Å². The van der Waals surface area contributed by atoms with Gasteiger partial charge >= 0.3 is 0 Å². The van der Waals surface area contributed by atoms with Crippen molar-refractivity contribution in [3.8, 4) is 17.2 Å². The SMILES string of the molecule is COc1cc2c(Oc3ccc(C)cc3C(=O)c3ccccc3)ccnc2cc1CCCCN1CCC(N2CCCC2)CC1. The Kier molecular flexibility index (Phi) is 9.35. The van der Waals surface area contributed by atoms with E-state index in [0.717, 1.165) is 41.1 Å². The average molecular weight is 578 g/mol. The molecular formula is C37H43N3O3. The second kappa shape index (κ2) is 13.7. The molecule has 2 saturated heterocycles. The molecule has 6 rings (SSSR count). The lowest BCUT2D eigenvalue weighted by atomic mass is 10.0. The van der Waals surface area contributed by atoms with Gasteiger partial charge in [0.15, 0.2) is 5.78 Å². The Morgan fingerprint density at radius 3 is 2.44 bits per heavy atom. The van der Waals surface area contributed by atoms with Crippen molar-refractivity contribution in [2.45, 2.75) is 57.9 Å². The van der Waals surface area contributed by atoms with Crippen molar-refractivity contribution in [2.24, 2.45) is 0 Å². The Labute approximate surface area is 255 Å². The number of carbonyl (C=O) groups excluding carboxylic acids is 1. The molecule has 1 aromatic heterocycles. The molecule has 0 N–H and O–H groups in total. The van der Waals surface area contributed by atoms with Gasteiger partial charge in [-0.05, 0) is 120 Å². The molecule has 2 fully saturated rings. The minimum atomic E-state index is -0.0616. The van der Waals surface area contributed by atoms with E-state index in [0.29, 0.717) is 22.6 Å². The number of nitrogens with zero attached hydrogens (tertiary/aromatic N) is 3. The third kappa shape index (κ3) is 6.92. The van der Waals surface area contributed by atoms with Gasteiger partial charge in [0.05, 0.1) is 18.2 Å². The zero-order valence-corrected chi connectivity index (χ0v) is 25.6. The number of unbranched alkanes of at least 4 members (excludes halogenated alkanes) is 1. The van der Waals surface area contributed by atoms with Crippen LogP contribution in [0, 0.1) is 6.92 Å². The molecule has 2 aliphatic rings. The van der Waals surface area contributed by atoms with Crippen molar-refractivity contribution in [3.63, 3.8) is 0 Å². The van der Waals surface area contributed by atoms with Crippen molar-refractivity contribution in [3.05, 3.63) is 95.2 Å². The lowest BCUT2D eigenvalue weighted by Gasteiger charge is -2.36. The fourth-order valence-corrected chi connectivity index (χ4v) is 6.70. The van der Waals surface area contributed by atoms with Crippen molar-refractivity contribution in [2.75, 3.05) is 39.8 Å². The topological polar surface area (TPSA) is 54.9 Å². The predicted molar refractivity (Wildman–Crippen MR) is 173 cm³/mol. The maximum absolute atomic E-state index is 13.4. The van der Waals surface area contributed by atoms with E-state index in [4.69, 9.17) is 9.47 Å². The summed E-state index contributed by atoms with van der Waals surface area (Å²) in [6, 6.07) is 21.9. The van der Waals surface area contributed by atoms with E-state index in [1.807, 2.05) is 67.6 Å². The highest BCUT2D eigenvalue weighted by molar-refractivity contribution is 6.11. The van der Waals surface area contributed by atoms with Gasteiger partial charge in [0.1, 0.15) is 17.2 Å². The molecule has 224 valence electrons. The molecule has 0 amide bonds. The average Bonchev–Trinajstić information content (AvgIpc) is 3.59. The number of aromatic nitrogens is 1. The summed E-state index contributed by atoms with van der Waals surface area (Å²) in [5.74, 6) is 1.97. The standard InChI is InChI=1S/C37H43N3O3/c1-27-13-14-34(32(24-27)37(41)28-10-4-3-5-11-28)43-35-15-18-38-33-25-29(36(42-2)26-31(33)35)12-6-7-19-39-22-16-30(17-23-39)40-20-8-9-21-40/h3-5,10-11,13-15,18,24-26,30H,6-9,12,16-17,19-23H2,1-2H3. The van der Waals surface area contributed by atoms with Crippen molar-refractivity contribution >= 4 is 16.7 Å². The summed E-state index contributed by atoms with van der Waals surface area (Å²) in [6.07, 6.45) is 10.4. The molecule has 6 nitrogen and oxygen atoms in total. The number of benzene rings is 3. The monoisotopic (exact) mass is 577 g/mol. The van der Waals surface area contributed by atoms with E-state index in [1.54, 1.807) is 13.3 Å². The van der Waals surface area contributed by atoms with Crippen LogP contribution >= 0.6 is 0 Å². The molecule has 0 radical (unpaired) electrons. The number of hydrogen-bond donors (Lipinski definition) is 0. The van der Waals surface area contributed by atoms with E-state index in [1.165, 1.54) is 70.4 Å². The van der Waals surface area contributed by atoms with Gasteiger partial charge in [0, 0.05) is 23.2 Å². The third-order valence-electron chi connectivity index (χ3n) is 9.12.